The second-order valence-corrected chi connectivity index (χ2v) is 5.71. The van der Waals surface area contributed by atoms with E-state index in [1.165, 1.54) is 11.3 Å². The fraction of sp³-hybridized carbons (Fsp3) is 0.400. The first-order chi connectivity index (χ1) is 9.67. The molecule has 5 heteroatoms. The van der Waals surface area contributed by atoms with Gasteiger partial charge in [-0.15, -0.1) is 11.3 Å². The summed E-state index contributed by atoms with van der Waals surface area (Å²) in [5.41, 5.74) is 0.887. The average Bonchev–Trinajstić information content (AvgIpc) is 2.82. The van der Waals surface area contributed by atoms with E-state index in [-0.39, 0.29) is 6.61 Å². The smallest absolute Gasteiger partial charge is 0.346 e. The molecule has 0 amide bonds. The Morgan fingerprint density at radius 2 is 2.10 bits per heavy atom. The summed E-state index contributed by atoms with van der Waals surface area (Å²) in [6.07, 6.45) is 0.707. The Balaban J connectivity index is 2.35. The van der Waals surface area contributed by atoms with Crippen molar-refractivity contribution >= 4 is 27.4 Å². The van der Waals surface area contributed by atoms with Crippen molar-refractivity contribution in [1.82, 2.24) is 4.90 Å². The molecular weight excluding hydrogens is 274 g/mol. The van der Waals surface area contributed by atoms with Crippen LogP contribution >= 0.6 is 11.3 Å². The van der Waals surface area contributed by atoms with Crippen molar-refractivity contribution in [3.8, 4) is 0 Å². The molecule has 0 spiro atoms. The molecule has 0 aliphatic rings. The standard InChI is InChI=1S/C15H19NO3S/c1-2-16(8-5-9-17)10-12-11-6-3-4-7-13(11)20-14(12)15(18)19/h3-4,6-7,17H,2,5,8-10H2,1H3,(H,18,19). The van der Waals surface area contributed by atoms with Crippen molar-refractivity contribution in [1.29, 1.82) is 0 Å². The third kappa shape index (κ3) is 3.17. The fourth-order valence-corrected chi connectivity index (χ4v) is 3.35. The monoisotopic (exact) mass is 293 g/mol. The first kappa shape index (κ1) is 15.0. The van der Waals surface area contributed by atoms with Gasteiger partial charge in [0.2, 0.25) is 0 Å². The molecule has 0 aliphatic heterocycles. The zero-order valence-electron chi connectivity index (χ0n) is 11.5. The number of carboxylic acids is 1. The van der Waals surface area contributed by atoms with Crippen LogP contribution in [-0.2, 0) is 6.54 Å². The zero-order chi connectivity index (χ0) is 14.5. The van der Waals surface area contributed by atoms with Crippen LogP contribution in [0.25, 0.3) is 10.1 Å². The summed E-state index contributed by atoms with van der Waals surface area (Å²) in [5, 5.41) is 19.3. The Bertz CT molecular complexity index is 594. The van der Waals surface area contributed by atoms with Crippen LogP contribution in [0.15, 0.2) is 24.3 Å². The molecule has 2 aromatic rings. The molecule has 0 radical (unpaired) electrons. The summed E-state index contributed by atoms with van der Waals surface area (Å²) in [7, 11) is 0. The normalized spacial score (nSPS) is 11.3. The van der Waals surface area contributed by atoms with Gasteiger partial charge in [-0.05, 0) is 30.0 Å². The number of carbonyl (C=O) groups is 1. The van der Waals surface area contributed by atoms with Crippen LogP contribution in [-0.4, -0.2) is 40.8 Å². The van der Waals surface area contributed by atoms with E-state index in [1.807, 2.05) is 31.2 Å². The lowest BCUT2D eigenvalue weighted by atomic mass is 10.1. The van der Waals surface area contributed by atoms with Gasteiger partial charge in [-0.25, -0.2) is 4.79 Å². The molecule has 0 bridgehead atoms. The van der Waals surface area contributed by atoms with Gasteiger partial charge in [0.15, 0.2) is 0 Å². The highest BCUT2D eigenvalue weighted by molar-refractivity contribution is 7.21. The Hall–Kier alpha value is -1.43. The van der Waals surface area contributed by atoms with Crippen LogP contribution in [0.5, 0.6) is 0 Å². The number of fused-ring (bicyclic) bond motifs is 1. The first-order valence-corrected chi connectivity index (χ1v) is 7.56. The van der Waals surface area contributed by atoms with Gasteiger partial charge in [0, 0.05) is 24.4 Å². The number of hydrogen-bond acceptors (Lipinski definition) is 4. The molecule has 4 nitrogen and oxygen atoms in total. The maximum Gasteiger partial charge on any atom is 0.346 e. The number of aliphatic hydroxyl groups is 1. The maximum atomic E-state index is 11.4. The van der Waals surface area contributed by atoms with Crippen molar-refractivity contribution in [3.63, 3.8) is 0 Å². The molecule has 0 fully saturated rings. The minimum absolute atomic E-state index is 0.159. The minimum atomic E-state index is -0.862. The molecule has 108 valence electrons. The van der Waals surface area contributed by atoms with Crippen molar-refractivity contribution < 1.29 is 15.0 Å². The quantitative estimate of drug-likeness (QED) is 0.824. The van der Waals surface area contributed by atoms with Gasteiger partial charge in [-0.3, -0.25) is 4.90 Å². The highest BCUT2D eigenvalue weighted by Gasteiger charge is 2.19. The number of benzene rings is 1. The summed E-state index contributed by atoms with van der Waals surface area (Å²) in [5.74, 6) is -0.862. The second-order valence-electron chi connectivity index (χ2n) is 4.66. The number of aromatic carboxylic acids is 1. The third-order valence-electron chi connectivity index (χ3n) is 3.35. The van der Waals surface area contributed by atoms with Gasteiger partial charge in [-0.1, -0.05) is 25.1 Å². The van der Waals surface area contributed by atoms with E-state index in [9.17, 15) is 9.90 Å². The largest absolute Gasteiger partial charge is 0.477 e. The summed E-state index contributed by atoms with van der Waals surface area (Å²) in [6, 6.07) is 7.80. The lowest BCUT2D eigenvalue weighted by Gasteiger charge is -2.20. The van der Waals surface area contributed by atoms with Gasteiger partial charge in [0.1, 0.15) is 4.88 Å². The van der Waals surface area contributed by atoms with E-state index in [0.717, 1.165) is 28.7 Å². The van der Waals surface area contributed by atoms with Crippen LogP contribution in [0.1, 0.15) is 28.6 Å². The van der Waals surface area contributed by atoms with Crippen molar-refractivity contribution in [2.24, 2.45) is 0 Å². The predicted molar refractivity (Wildman–Crippen MR) is 81.4 cm³/mol. The number of rotatable bonds is 7. The van der Waals surface area contributed by atoms with E-state index in [4.69, 9.17) is 5.11 Å². The molecule has 1 aromatic carbocycles. The number of thiophene rings is 1. The fourth-order valence-electron chi connectivity index (χ4n) is 2.30. The lowest BCUT2D eigenvalue weighted by molar-refractivity contribution is 0.0700. The third-order valence-corrected chi connectivity index (χ3v) is 4.55. The molecule has 0 aliphatic carbocycles. The highest BCUT2D eigenvalue weighted by Crippen LogP contribution is 2.32. The Labute approximate surface area is 122 Å². The van der Waals surface area contributed by atoms with Crippen LogP contribution in [0.2, 0.25) is 0 Å². The topological polar surface area (TPSA) is 60.8 Å². The molecule has 0 saturated heterocycles. The van der Waals surface area contributed by atoms with Gasteiger partial charge in [-0.2, -0.15) is 0 Å². The molecular formula is C15H19NO3S. The number of carboxylic acid groups (broad SMARTS) is 1. The SMILES string of the molecule is CCN(CCCO)Cc1c(C(=O)O)sc2ccccc12. The molecule has 20 heavy (non-hydrogen) atoms. The van der Waals surface area contributed by atoms with E-state index in [0.29, 0.717) is 17.8 Å². The van der Waals surface area contributed by atoms with Crippen molar-refractivity contribution in [2.75, 3.05) is 19.7 Å². The average molecular weight is 293 g/mol. The molecule has 2 N–H and O–H groups in total. The maximum absolute atomic E-state index is 11.4. The lowest BCUT2D eigenvalue weighted by Crippen LogP contribution is -2.25. The van der Waals surface area contributed by atoms with Crippen LogP contribution in [0, 0.1) is 0 Å². The molecule has 0 atom stereocenters. The van der Waals surface area contributed by atoms with Gasteiger partial charge in [0.25, 0.3) is 0 Å². The number of hydrogen-bond donors (Lipinski definition) is 2. The summed E-state index contributed by atoms with van der Waals surface area (Å²) >= 11 is 1.33. The molecule has 1 aromatic heterocycles. The Kier molecular flexibility index (Phi) is 5.11. The van der Waals surface area contributed by atoms with E-state index < -0.39 is 5.97 Å². The molecule has 2 rings (SSSR count). The summed E-state index contributed by atoms with van der Waals surface area (Å²) in [6.45, 7) is 4.43. The van der Waals surface area contributed by atoms with Crippen molar-refractivity contribution in [2.45, 2.75) is 19.9 Å². The van der Waals surface area contributed by atoms with Gasteiger partial charge in [0.05, 0.1) is 0 Å². The first-order valence-electron chi connectivity index (χ1n) is 6.74. The summed E-state index contributed by atoms with van der Waals surface area (Å²) < 4.78 is 1.01. The van der Waals surface area contributed by atoms with Gasteiger partial charge >= 0.3 is 5.97 Å². The molecule has 0 unspecified atom stereocenters. The van der Waals surface area contributed by atoms with Crippen LogP contribution < -0.4 is 0 Å². The van der Waals surface area contributed by atoms with Crippen LogP contribution in [0.4, 0.5) is 0 Å². The van der Waals surface area contributed by atoms with E-state index in [1.54, 1.807) is 0 Å². The second kappa shape index (κ2) is 6.83. The Morgan fingerprint density at radius 3 is 2.75 bits per heavy atom. The van der Waals surface area contributed by atoms with Gasteiger partial charge < -0.3 is 10.2 Å². The van der Waals surface area contributed by atoms with E-state index >= 15 is 0 Å². The minimum Gasteiger partial charge on any atom is -0.477 e. The summed E-state index contributed by atoms with van der Waals surface area (Å²) in [4.78, 5) is 14.0. The number of nitrogens with zero attached hydrogens (tertiary/aromatic N) is 1. The van der Waals surface area contributed by atoms with Crippen molar-refractivity contribution in [3.05, 3.63) is 34.7 Å². The number of aliphatic hydroxyl groups excluding tert-OH is 1. The van der Waals surface area contributed by atoms with E-state index in [2.05, 4.69) is 4.90 Å². The zero-order valence-corrected chi connectivity index (χ0v) is 12.3. The Morgan fingerprint density at radius 1 is 1.35 bits per heavy atom. The highest BCUT2D eigenvalue weighted by atomic mass is 32.1. The predicted octanol–water partition coefficient (Wildman–Crippen LogP) is 2.80. The molecule has 0 saturated carbocycles. The van der Waals surface area contributed by atoms with Crippen LogP contribution in [0.3, 0.4) is 0 Å². The molecule has 1 heterocycles.